The van der Waals surface area contributed by atoms with Gasteiger partial charge in [-0.2, -0.15) is 0 Å². The lowest BCUT2D eigenvalue weighted by Crippen LogP contribution is -2.81. The first-order chi connectivity index (χ1) is 62.9. The average Bonchev–Trinajstić information content (AvgIpc) is 1.47. The lowest BCUT2D eigenvalue weighted by Gasteiger charge is -2.59. The summed E-state index contributed by atoms with van der Waals surface area (Å²) in [6.07, 6.45) is 1.60. The molecule has 6 aliphatic carbocycles. The second-order valence-electron chi connectivity index (χ2n) is 52.4. The molecule has 0 aromatic heterocycles. The molecule has 688 valence electrons. The topological polar surface area (TPSA) is 0 Å². The van der Waals surface area contributed by atoms with Crippen molar-refractivity contribution in [3.63, 3.8) is 0 Å². The summed E-state index contributed by atoms with van der Waals surface area (Å²) in [6, 6.07) is 108. The zero-order valence-electron chi connectivity index (χ0n) is 88.2. The van der Waals surface area contributed by atoms with E-state index in [9.17, 15) is 0 Å². The van der Waals surface area contributed by atoms with Crippen LogP contribution in [0.3, 0.4) is 0 Å². The van der Waals surface area contributed by atoms with Crippen LogP contribution in [0, 0.1) is 0 Å². The standard InChI is InChI=1S/C134H148Si/c1-35-133(109-63-79(101-67-87(125(15,16)17)75-113-117(101)97-59-51-83(121(3,4)5)71-105(97)129(113,27)28)47-55-93(109)94-56-48-80(64-110(94)133)102-68-88(126(18,19)20)76-114-118(102)98-60-52-84(122(6,7)8)72-106(98)130(114,29)30)135(91-43-39-37-40-44-91,92-45-41-38-42-46-92)134(36-2)111-65-81(103-69-89(127(21,22)23)77-115-119(103)99-61-53-85(123(9,10)11)73-107(99)131(115,31)32)49-57-95(111)96-58-50-82(66-112(96)134)104-70-90(128(24,25)26)78-116-120(104)100-62-54-86(124(12,13)14)74-108(100)132(116,33)34/h37-78H,35-36H2,1-34H3. The first-order valence-electron chi connectivity index (χ1n) is 51.0. The molecule has 0 aliphatic heterocycles. The van der Waals surface area contributed by atoms with Crippen LogP contribution < -0.4 is 10.4 Å². The third-order valence-corrected chi connectivity index (χ3v) is 41.3. The van der Waals surface area contributed by atoms with E-state index in [4.69, 9.17) is 0 Å². The molecule has 20 rings (SSSR count). The van der Waals surface area contributed by atoms with Gasteiger partial charge < -0.3 is 0 Å². The molecule has 0 unspecified atom stereocenters. The largest absolute Gasteiger partial charge is 0.147 e. The summed E-state index contributed by atoms with van der Waals surface area (Å²) in [6.45, 7) is 83.2. The maximum Gasteiger partial charge on any atom is 0.147 e. The Bertz CT molecular complexity index is 6510. The van der Waals surface area contributed by atoms with Gasteiger partial charge in [0.1, 0.15) is 8.07 Å². The first-order valence-corrected chi connectivity index (χ1v) is 53.0. The zero-order chi connectivity index (χ0) is 96.9. The number of fused-ring (bicyclic) bond motifs is 18. The quantitative estimate of drug-likeness (QED) is 0.120. The van der Waals surface area contributed by atoms with Crippen molar-refractivity contribution in [1.29, 1.82) is 0 Å². The molecule has 6 aliphatic rings. The molecule has 0 atom stereocenters. The Morgan fingerprint density at radius 3 is 0.548 bits per heavy atom. The maximum atomic E-state index is 2.84. The minimum atomic E-state index is -4.15. The second kappa shape index (κ2) is 29.7. The monoisotopic (exact) mass is 1790 g/mol. The average molecular weight is 1790 g/mol. The van der Waals surface area contributed by atoms with Gasteiger partial charge in [-0.25, -0.2) is 0 Å². The van der Waals surface area contributed by atoms with E-state index in [-0.39, 0.29) is 65.0 Å². The highest BCUT2D eigenvalue weighted by Gasteiger charge is 2.72. The normalized spacial score (nSPS) is 16.5. The zero-order valence-corrected chi connectivity index (χ0v) is 89.2. The van der Waals surface area contributed by atoms with E-state index in [1.54, 1.807) is 0 Å². The van der Waals surface area contributed by atoms with Gasteiger partial charge in [-0.05, 0) is 327 Å². The lowest BCUT2D eigenvalue weighted by molar-refractivity contribution is 0.579. The van der Waals surface area contributed by atoms with Crippen molar-refractivity contribution in [2.24, 2.45) is 0 Å². The summed E-state index contributed by atoms with van der Waals surface area (Å²) in [7, 11) is -4.15. The highest BCUT2D eigenvalue weighted by atomic mass is 28.3. The van der Waals surface area contributed by atoms with Crippen LogP contribution in [-0.4, -0.2) is 8.07 Å². The molecular weight excluding hydrogens is 1640 g/mol. The van der Waals surface area contributed by atoms with Crippen LogP contribution in [-0.2, 0) is 75.1 Å². The molecular formula is C134H148Si. The van der Waals surface area contributed by atoms with E-state index < -0.39 is 18.2 Å². The van der Waals surface area contributed by atoms with E-state index in [1.807, 2.05) is 0 Å². The molecule has 14 aromatic rings. The Hall–Kier alpha value is -10.7. The Morgan fingerprint density at radius 2 is 0.363 bits per heavy atom. The van der Waals surface area contributed by atoms with Crippen molar-refractivity contribution >= 4 is 18.4 Å². The molecule has 0 radical (unpaired) electrons. The number of rotatable bonds is 10. The second-order valence-corrected chi connectivity index (χ2v) is 56.7. The van der Waals surface area contributed by atoms with Crippen LogP contribution in [0.25, 0.3) is 111 Å². The predicted octanol–water partition coefficient (Wildman–Crippen LogP) is 35.4. The van der Waals surface area contributed by atoms with Crippen LogP contribution in [0.15, 0.2) is 255 Å². The van der Waals surface area contributed by atoms with Crippen LogP contribution in [0.2, 0.25) is 0 Å². The molecule has 0 amide bonds. The SMILES string of the molecule is CCC1([Si](c2ccccc2)(c2ccccc2)C2(CC)c3cc(-c4cc(C(C)(C)C)cc5c4-c4ccc(C(C)(C)C)cc4C5(C)C)ccc3-c3ccc(-c4cc(C(C)(C)C)cc5c4-c4ccc(C(C)(C)C)cc4C5(C)C)cc32)c2cc(-c3cc(C(C)(C)C)cc4c3-c3ccc(C(C)(C)C)cc3C4(C)C)ccc2-c2ccc(-c3cc(C(C)(C)C)cc4c3-c3ccc(C(C)(C)C)cc3C4(C)C)cc21. The van der Waals surface area contributed by atoms with Crippen molar-refractivity contribution in [1.82, 2.24) is 0 Å². The lowest BCUT2D eigenvalue weighted by atomic mass is 9.76. The van der Waals surface area contributed by atoms with Gasteiger partial charge in [0.15, 0.2) is 0 Å². The molecule has 0 bridgehead atoms. The summed E-state index contributed by atoms with van der Waals surface area (Å²) < 4.78 is 0. The van der Waals surface area contributed by atoms with E-state index in [0.29, 0.717) is 0 Å². The Labute approximate surface area is 813 Å². The molecule has 14 aromatic carbocycles. The molecule has 135 heavy (non-hydrogen) atoms. The fourth-order valence-corrected chi connectivity index (χ4v) is 34.3. The minimum absolute atomic E-state index is 0.0351. The molecule has 0 fully saturated rings. The van der Waals surface area contributed by atoms with Crippen molar-refractivity contribution in [2.75, 3.05) is 0 Å². The van der Waals surface area contributed by atoms with Crippen molar-refractivity contribution in [3.8, 4) is 111 Å². The highest BCUT2D eigenvalue weighted by molar-refractivity contribution is 7.07. The number of benzene rings is 14. The molecule has 0 N–H and O–H groups in total. The molecule has 0 nitrogen and oxygen atoms in total. The smallest absolute Gasteiger partial charge is 0.0645 e. The molecule has 0 saturated carbocycles. The Morgan fingerprint density at radius 1 is 0.178 bits per heavy atom. The number of hydrogen-bond acceptors (Lipinski definition) is 0. The van der Waals surface area contributed by atoms with E-state index >= 15 is 0 Å². The summed E-state index contributed by atoms with van der Waals surface area (Å²) >= 11 is 0. The van der Waals surface area contributed by atoms with Gasteiger partial charge in [0.05, 0.1) is 0 Å². The van der Waals surface area contributed by atoms with Crippen LogP contribution in [0.1, 0.15) is 360 Å². The Balaban J connectivity index is 0.979. The van der Waals surface area contributed by atoms with E-state index in [0.717, 1.165) is 12.8 Å². The highest BCUT2D eigenvalue weighted by Crippen LogP contribution is 2.69. The number of hydrogen-bond donors (Lipinski definition) is 0. The first kappa shape index (κ1) is 92.0. The molecule has 0 saturated heterocycles. The van der Waals surface area contributed by atoms with Crippen LogP contribution in [0.4, 0.5) is 0 Å². The summed E-state index contributed by atoms with van der Waals surface area (Å²) in [5.41, 5.74) is 52.7. The van der Waals surface area contributed by atoms with Crippen LogP contribution >= 0.6 is 0 Å². The van der Waals surface area contributed by atoms with E-state index in [1.165, 1.54) is 233 Å². The van der Waals surface area contributed by atoms with Gasteiger partial charge in [0.2, 0.25) is 0 Å². The van der Waals surface area contributed by atoms with Gasteiger partial charge in [0, 0.05) is 31.7 Å². The molecule has 0 spiro atoms. The predicted molar refractivity (Wildman–Crippen MR) is 585 cm³/mol. The fraction of sp³-hybridized carbons (Fsp3) is 0.373. The summed E-state index contributed by atoms with van der Waals surface area (Å²) in [5.74, 6) is 0. The maximum absolute atomic E-state index is 4.15. The molecule has 0 heterocycles. The Kier molecular flexibility index (Phi) is 20.2. The van der Waals surface area contributed by atoms with E-state index in [2.05, 4.69) is 490 Å². The third-order valence-electron chi connectivity index (χ3n) is 34.5. The van der Waals surface area contributed by atoms with Gasteiger partial charge in [-0.3, -0.25) is 0 Å². The van der Waals surface area contributed by atoms with Crippen LogP contribution in [0.5, 0.6) is 0 Å². The molecule has 1 heteroatoms. The van der Waals surface area contributed by atoms with Gasteiger partial charge in [-0.15, -0.1) is 0 Å². The summed E-state index contributed by atoms with van der Waals surface area (Å²) in [5, 5.41) is 1.33. The fourth-order valence-electron chi connectivity index (χ4n) is 26.4. The third kappa shape index (κ3) is 13.3. The van der Waals surface area contributed by atoms with Crippen molar-refractivity contribution in [3.05, 3.63) is 366 Å². The van der Waals surface area contributed by atoms with Crippen molar-refractivity contribution < 1.29 is 0 Å². The van der Waals surface area contributed by atoms with Gasteiger partial charge >= 0.3 is 0 Å². The van der Waals surface area contributed by atoms with Crippen molar-refractivity contribution in [2.45, 2.75) is 323 Å². The van der Waals surface area contributed by atoms with Gasteiger partial charge in [-0.1, -0.05) is 452 Å². The minimum Gasteiger partial charge on any atom is -0.0645 e. The van der Waals surface area contributed by atoms with Gasteiger partial charge in [0.25, 0.3) is 0 Å². The summed E-state index contributed by atoms with van der Waals surface area (Å²) in [4.78, 5) is 0.